The Kier molecular flexibility index (Phi) is 3.29. The second-order valence-electron chi connectivity index (χ2n) is 3.38. The maximum absolute atomic E-state index is 10.7. The summed E-state index contributed by atoms with van der Waals surface area (Å²) >= 11 is 0. The van der Waals surface area contributed by atoms with E-state index in [2.05, 4.69) is 20.3 Å². The third-order valence-electron chi connectivity index (χ3n) is 2.22. The number of H-pyrrole nitrogens is 1. The molecule has 0 aromatic carbocycles. The van der Waals surface area contributed by atoms with E-state index in [0.717, 1.165) is 5.69 Å². The van der Waals surface area contributed by atoms with Crippen molar-refractivity contribution in [2.24, 2.45) is 0 Å². The average molecular weight is 233 g/mol. The number of nitro groups is 1. The predicted octanol–water partition coefficient (Wildman–Crippen LogP) is 1.37. The second-order valence-corrected chi connectivity index (χ2v) is 3.38. The molecule has 0 aliphatic carbocycles. The molecule has 2 rings (SSSR count). The molecule has 2 N–H and O–H groups in total. The normalized spacial score (nSPS) is 10.1. The molecule has 17 heavy (non-hydrogen) atoms. The molecule has 0 saturated heterocycles. The van der Waals surface area contributed by atoms with Crippen LogP contribution in [0.1, 0.15) is 5.69 Å². The lowest BCUT2D eigenvalue weighted by atomic mass is 10.3. The predicted molar refractivity (Wildman–Crippen MR) is 61.7 cm³/mol. The Bertz CT molecular complexity index is 497. The molecule has 7 heteroatoms. The van der Waals surface area contributed by atoms with E-state index in [0.29, 0.717) is 13.0 Å². The van der Waals surface area contributed by atoms with Gasteiger partial charge in [-0.05, 0) is 6.07 Å². The molecule has 0 spiro atoms. The topological polar surface area (TPSA) is 96.7 Å². The van der Waals surface area contributed by atoms with Crippen LogP contribution in [-0.2, 0) is 6.42 Å². The van der Waals surface area contributed by atoms with E-state index >= 15 is 0 Å². The van der Waals surface area contributed by atoms with Crippen LogP contribution in [0.15, 0.2) is 30.9 Å². The highest BCUT2D eigenvalue weighted by Crippen LogP contribution is 2.19. The van der Waals surface area contributed by atoms with Crippen molar-refractivity contribution in [3.05, 3.63) is 46.7 Å². The van der Waals surface area contributed by atoms with Crippen molar-refractivity contribution >= 4 is 11.5 Å². The minimum atomic E-state index is -0.453. The third-order valence-corrected chi connectivity index (χ3v) is 2.22. The summed E-state index contributed by atoms with van der Waals surface area (Å²) in [6.07, 6.45) is 5.53. The quantitative estimate of drug-likeness (QED) is 0.600. The Hall–Kier alpha value is -2.44. The highest BCUT2D eigenvalue weighted by Gasteiger charge is 2.12. The highest BCUT2D eigenvalue weighted by atomic mass is 16.6. The molecule has 7 nitrogen and oxygen atoms in total. The molecule has 2 aromatic heterocycles. The van der Waals surface area contributed by atoms with Crippen LogP contribution in [0.25, 0.3) is 0 Å². The highest BCUT2D eigenvalue weighted by molar-refractivity contribution is 5.54. The van der Waals surface area contributed by atoms with Crippen LogP contribution in [-0.4, -0.2) is 26.4 Å². The molecular weight excluding hydrogens is 222 g/mol. The molecule has 0 atom stereocenters. The SMILES string of the molecule is O=[N+]([O-])c1cccnc1NCCc1cnc[nH]1. The summed E-state index contributed by atoms with van der Waals surface area (Å²) < 4.78 is 0. The van der Waals surface area contributed by atoms with Gasteiger partial charge in [-0.3, -0.25) is 10.1 Å². The van der Waals surface area contributed by atoms with E-state index in [1.54, 1.807) is 12.5 Å². The van der Waals surface area contributed by atoms with Crippen molar-refractivity contribution in [2.45, 2.75) is 6.42 Å². The first kappa shape index (κ1) is 11.1. The van der Waals surface area contributed by atoms with Crippen molar-refractivity contribution in [3.8, 4) is 0 Å². The standard InChI is InChI=1S/C10H11N5O2/c16-15(17)9-2-1-4-12-10(9)13-5-3-8-6-11-7-14-8/h1-2,4,6-7H,3,5H2,(H,11,14)(H,12,13). The molecule has 0 saturated carbocycles. The van der Waals surface area contributed by atoms with E-state index in [1.807, 2.05) is 0 Å². The maximum Gasteiger partial charge on any atom is 0.311 e. The smallest absolute Gasteiger partial charge is 0.311 e. The summed E-state index contributed by atoms with van der Waals surface area (Å²) in [5.41, 5.74) is 0.952. The van der Waals surface area contributed by atoms with Gasteiger partial charge in [-0.1, -0.05) is 0 Å². The number of nitrogens with one attached hydrogen (secondary N) is 2. The molecule has 2 heterocycles. The zero-order chi connectivity index (χ0) is 12.1. The van der Waals surface area contributed by atoms with Gasteiger partial charge in [-0.2, -0.15) is 0 Å². The first-order valence-corrected chi connectivity index (χ1v) is 5.08. The van der Waals surface area contributed by atoms with Crippen molar-refractivity contribution in [2.75, 3.05) is 11.9 Å². The van der Waals surface area contributed by atoms with Gasteiger partial charge in [-0.25, -0.2) is 9.97 Å². The second kappa shape index (κ2) is 5.06. The van der Waals surface area contributed by atoms with E-state index in [4.69, 9.17) is 0 Å². The van der Waals surface area contributed by atoms with Crippen LogP contribution in [0.5, 0.6) is 0 Å². The Morgan fingerprint density at radius 3 is 3.12 bits per heavy atom. The molecule has 0 radical (unpaired) electrons. The van der Waals surface area contributed by atoms with Crippen LogP contribution in [0.2, 0.25) is 0 Å². The van der Waals surface area contributed by atoms with Gasteiger partial charge < -0.3 is 10.3 Å². The fraction of sp³-hybridized carbons (Fsp3) is 0.200. The minimum Gasteiger partial charge on any atom is -0.364 e. The van der Waals surface area contributed by atoms with Gasteiger partial charge in [0.05, 0.1) is 11.3 Å². The number of hydrogen-bond donors (Lipinski definition) is 2. The average Bonchev–Trinajstić information content (AvgIpc) is 2.82. The van der Waals surface area contributed by atoms with E-state index in [1.165, 1.54) is 18.3 Å². The van der Waals surface area contributed by atoms with Gasteiger partial charge >= 0.3 is 5.69 Å². The van der Waals surface area contributed by atoms with Crippen LogP contribution < -0.4 is 5.32 Å². The molecule has 0 unspecified atom stereocenters. The summed E-state index contributed by atoms with van der Waals surface area (Å²) in [6.45, 7) is 0.556. The number of aromatic amines is 1. The summed E-state index contributed by atoms with van der Waals surface area (Å²) in [6, 6.07) is 2.96. The van der Waals surface area contributed by atoms with Crippen LogP contribution in [0.4, 0.5) is 11.5 Å². The van der Waals surface area contributed by atoms with Gasteiger partial charge in [0.25, 0.3) is 0 Å². The van der Waals surface area contributed by atoms with Crippen molar-refractivity contribution in [1.82, 2.24) is 15.0 Å². The maximum atomic E-state index is 10.7. The van der Waals surface area contributed by atoms with E-state index < -0.39 is 4.92 Å². The number of imidazole rings is 1. The van der Waals surface area contributed by atoms with Gasteiger partial charge in [0.1, 0.15) is 0 Å². The number of aromatic nitrogens is 3. The first-order valence-electron chi connectivity index (χ1n) is 5.08. The minimum absolute atomic E-state index is 0.0166. The van der Waals surface area contributed by atoms with Gasteiger partial charge in [0.2, 0.25) is 5.82 Å². The van der Waals surface area contributed by atoms with Gasteiger partial charge in [0, 0.05) is 37.1 Å². The van der Waals surface area contributed by atoms with E-state index in [-0.39, 0.29) is 11.5 Å². The lowest BCUT2D eigenvalue weighted by Crippen LogP contribution is -2.08. The fourth-order valence-electron chi connectivity index (χ4n) is 1.42. The molecule has 0 fully saturated rings. The van der Waals surface area contributed by atoms with Crippen molar-refractivity contribution in [1.29, 1.82) is 0 Å². The van der Waals surface area contributed by atoms with E-state index in [9.17, 15) is 10.1 Å². The van der Waals surface area contributed by atoms with Gasteiger partial charge in [-0.15, -0.1) is 0 Å². The molecule has 0 bridgehead atoms. The zero-order valence-corrected chi connectivity index (χ0v) is 8.96. The van der Waals surface area contributed by atoms with Crippen LogP contribution in [0, 0.1) is 10.1 Å². The number of pyridine rings is 1. The Morgan fingerprint density at radius 1 is 1.53 bits per heavy atom. The Labute approximate surface area is 97.1 Å². The summed E-state index contributed by atoms with van der Waals surface area (Å²) in [5, 5.41) is 13.7. The number of rotatable bonds is 5. The molecule has 88 valence electrons. The Morgan fingerprint density at radius 2 is 2.41 bits per heavy atom. The van der Waals surface area contributed by atoms with Crippen LogP contribution in [0.3, 0.4) is 0 Å². The molecule has 2 aromatic rings. The largest absolute Gasteiger partial charge is 0.364 e. The van der Waals surface area contributed by atoms with Crippen molar-refractivity contribution in [3.63, 3.8) is 0 Å². The number of hydrogen-bond acceptors (Lipinski definition) is 5. The fourth-order valence-corrected chi connectivity index (χ4v) is 1.42. The number of nitrogens with zero attached hydrogens (tertiary/aromatic N) is 3. The van der Waals surface area contributed by atoms with Gasteiger partial charge in [0.15, 0.2) is 0 Å². The molecule has 0 aliphatic rings. The lowest BCUT2D eigenvalue weighted by Gasteiger charge is -2.04. The molecule has 0 aliphatic heterocycles. The lowest BCUT2D eigenvalue weighted by molar-refractivity contribution is -0.384. The summed E-state index contributed by atoms with van der Waals surface area (Å²) in [4.78, 5) is 21.1. The van der Waals surface area contributed by atoms with Crippen LogP contribution >= 0.6 is 0 Å². The monoisotopic (exact) mass is 233 g/mol. The number of anilines is 1. The summed E-state index contributed by atoms with van der Waals surface area (Å²) in [5.74, 6) is 0.289. The first-order chi connectivity index (χ1) is 8.27. The molecular formula is C10H11N5O2. The third kappa shape index (κ3) is 2.77. The van der Waals surface area contributed by atoms with Crippen molar-refractivity contribution < 1.29 is 4.92 Å². The zero-order valence-electron chi connectivity index (χ0n) is 8.96. The summed E-state index contributed by atoms with van der Waals surface area (Å²) in [7, 11) is 0. The molecule has 0 amide bonds. The Balaban J connectivity index is 1.97.